The van der Waals surface area contributed by atoms with Crippen LogP contribution in [0.2, 0.25) is 5.02 Å². The number of hydrogen-bond acceptors (Lipinski definition) is 8. The lowest BCUT2D eigenvalue weighted by molar-refractivity contribution is -0.147. The molecule has 0 bridgehead atoms. The normalized spacial score (nSPS) is 13.2. The van der Waals surface area contributed by atoms with E-state index < -0.39 is 52.0 Å². The summed E-state index contributed by atoms with van der Waals surface area (Å²) in [7, 11) is -10.0. The van der Waals surface area contributed by atoms with Crippen LogP contribution in [0.5, 0.6) is 0 Å². The van der Waals surface area contributed by atoms with Gasteiger partial charge in [-0.2, -0.15) is 23.5 Å². The third kappa shape index (κ3) is 7.81. The maximum Gasteiger partial charge on any atom is 0.453 e. The summed E-state index contributed by atoms with van der Waals surface area (Å²) >= 11 is 6.27. The molecule has 0 aliphatic heterocycles. The van der Waals surface area contributed by atoms with E-state index >= 15 is 0 Å². The molecular formula is C28H19ClF8N10O2S. The maximum atomic E-state index is 13.8. The summed E-state index contributed by atoms with van der Waals surface area (Å²) in [6.45, 7) is 0.0987. The van der Waals surface area contributed by atoms with E-state index in [1.807, 2.05) is 6.07 Å². The highest BCUT2D eigenvalue weighted by atomic mass is 35.5. The van der Waals surface area contributed by atoms with Crippen molar-refractivity contribution in [2.45, 2.75) is 31.1 Å². The summed E-state index contributed by atoms with van der Waals surface area (Å²) in [6, 6.07) is 10.4. The van der Waals surface area contributed by atoms with E-state index in [1.165, 1.54) is 31.3 Å². The Labute approximate surface area is 280 Å². The van der Waals surface area contributed by atoms with Crippen LogP contribution in [0, 0.1) is 18.3 Å². The van der Waals surface area contributed by atoms with Gasteiger partial charge in [0.1, 0.15) is 10.6 Å². The molecule has 5 aromatic rings. The number of nitriles is 1. The number of nitrogens with one attached hydrogen (secondary N) is 2. The van der Waals surface area contributed by atoms with Crippen LogP contribution in [0.1, 0.15) is 49.1 Å². The molecule has 2 aromatic carbocycles. The summed E-state index contributed by atoms with van der Waals surface area (Å²) in [5.41, 5.74) is -1.25. The van der Waals surface area contributed by atoms with E-state index in [2.05, 4.69) is 36.2 Å². The third-order valence-electron chi connectivity index (χ3n) is 6.77. The number of tetrazole rings is 1. The SMILES string of the molecule is Cc1cc(C#N)cc(C(=O)NCc2cccc(S(F)(F)(F)(F)F)c2)c1NC(=O)c1cc(Cn2nnnc2C(F)(F)F)nn1-c1ncccc1Cl. The number of rotatable bonds is 9. The van der Waals surface area contributed by atoms with Gasteiger partial charge < -0.3 is 10.6 Å². The average Bonchev–Trinajstić information content (AvgIpc) is 3.67. The fraction of sp³-hybridized carbons (Fsp3) is 0.143. The minimum atomic E-state index is -10.0. The van der Waals surface area contributed by atoms with Crippen molar-refractivity contribution in [2.75, 3.05) is 5.32 Å². The maximum absolute atomic E-state index is 13.8. The van der Waals surface area contributed by atoms with Crippen LogP contribution >= 0.6 is 21.8 Å². The number of nitrogens with zero attached hydrogens (tertiary/aromatic N) is 8. The number of amides is 2. The van der Waals surface area contributed by atoms with Crippen molar-refractivity contribution in [3.05, 3.63) is 105 Å². The van der Waals surface area contributed by atoms with Gasteiger partial charge in [0.05, 0.1) is 40.1 Å². The van der Waals surface area contributed by atoms with E-state index in [0.29, 0.717) is 4.68 Å². The highest BCUT2D eigenvalue weighted by molar-refractivity contribution is 8.45. The van der Waals surface area contributed by atoms with Crippen molar-refractivity contribution in [3.63, 3.8) is 0 Å². The van der Waals surface area contributed by atoms with Crippen molar-refractivity contribution in [3.8, 4) is 11.9 Å². The number of anilines is 1. The second-order valence-corrected chi connectivity index (χ2v) is 13.3. The first-order chi connectivity index (χ1) is 23.1. The molecule has 0 aliphatic carbocycles. The Kier molecular flexibility index (Phi) is 8.61. The van der Waals surface area contributed by atoms with Crippen LogP contribution in [-0.2, 0) is 19.3 Å². The number of halogens is 9. The van der Waals surface area contributed by atoms with Gasteiger partial charge in [-0.05, 0) is 70.9 Å². The molecule has 50 heavy (non-hydrogen) atoms. The molecule has 2 N–H and O–H groups in total. The van der Waals surface area contributed by atoms with Gasteiger partial charge in [0.15, 0.2) is 5.82 Å². The van der Waals surface area contributed by atoms with Gasteiger partial charge in [0, 0.05) is 12.7 Å². The Morgan fingerprint density at radius 1 is 1.02 bits per heavy atom. The molecule has 0 atom stereocenters. The summed E-state index contributed by atoms with van der Waals surface area (Å²) < 4.78 is 108. The molecule has 0 spiro atoms. The molecule has 262 valence electrons. The molecule has 22 heteroatoms. The van der Waals surface area contributed by atoms with E-state index in [1.54, 1.807) is 0 Å². The quantitative estimate of drug-likeness (QED) is 0.153. The lowest BCUT2D eigenvalue weighted by atomic mass is 10.0. The van der Waals surface area contributed by atoms with Crippen LogP contribution in [-0.4, -0.2) is 46.8 Å². The number of carbonyl (C=O) groups excluding carboxylic acids is 2. The zero-order valence-electron chi connectivity index (χ0n) is 24.9. The zero-order valence-corrected chi connectivity index (χ0v) is 26.5. The number of aryl methyl sites for hydroxylation is 1. The standard InChI is InChI=1S/C28H19ClF8N10O2S/c1-15-8-17(12-38)10-20(25(48)40-13-16-4-2-5-19(9-16)50(33,34,35,36)37)23(15)41-26(49)22-11-18(14-46-27(28(30,31)32)42-44-45-46)43-47(22)24-21(29)6-3-7-39-24/h2-11H,13-14H2,1H3,(H,40,48)(H,41,49). The molecular weight excluding hydrogens is 728 g/mol. The second-order valence-electron chi connectivity index (χ2n) is 10.5. The van der Waals surface area contributed by atoms with Gasteiger partial charge in [0.25, 0.3) is 17.6 Å². The average molecular weight is 747 g/mol. The molecule has 3 aromatic heterocycles. The minimum Gasteiger partial charge on any atom is -0.348 e. The zero-order chi connectivity index (χ0) is 36.7. The number of hydrogen-bond donors (Lipinski definition) is 2. The van der Waals surface area contributed by atoms with Crippen LogP contribution < -0.4 is 10.6 Å². The Balaban J connectivity index is 1.49. The van der Waals surface area contributed by atoms with Crippen molar-refractivity contribution >= 4 is 39.3 Å². The van der Waals surface area contributed by atoms with Crippen LogP contribution in [0.3, 0.4) is 0 Å². The van der Waals surface area contributed by atoms with E-state index in [4.69, 9.17) is 11.6 Å². The van der Waals surface area contributed by atoms with Gasteiger partial charge in [0.2, 0.25) is 0 Å². The van der Waals surface area contributed by atoms with Gasteiger partial charge in [-0.1, -0.05) is 43.2 Å². The van der Waals surface area contributed by atoms with Gasteiger partial charge >= 0.3 is 16.4 Å². The monoisotopic (exact) mass is 746 g/mol. The smallest absolute Gasteiger partial charge is 0.348 e. The number of alkyl halides is 3. The summed E-state index contributed by atoms with van der Waals surface area (Å²) in [4.78, 5) is 29.0. The molecule has 0 saturated heterocycles. The topological polar surface area (TPSA) is 156 Å². The van der Waals surface area contributed by atoms with Gasteiger partial charge in [-0.15, -0.1) is 5.10 Å². The first-order valence-electron chi connectivity index (χ1n) is 13.6. The molecule has 3 heterocycles. The highest BCUT2D eigenvalue weighted by Gasteiger charge is 2.65. The summed E-state index contributed by atoms with van der Waals surface area (Å²) in [5.74, 6) is -3.57. The van der Waals surface area contributed by atoms with Crippen molar-refractivity contribution < 1.29 is 42.2 Å². The van der Waals surface area contributed by atoms with Gasteiger partial charge in [-0.3, -0.25) is 9.59 Å². The molecule has 0 saturated carbocycles. The largest absolute Gasteiger partial charge is 0.453 e. The Morgan fingerprint density at radius 2 is 1.76 bits per heavy atom. The van der Waals surface area contributed by atoms with E-state index in [9.17, 15) is 47.5 Å². The first kappa shape index (κ1) is 35.7. The molecule has 0 radical (unpaired) electrons. The highest BCUT2D eigenvalue weighted by Crippen LogP contribution is 3.02. The predicted molar refractivity (Wildman–Crippen MR) is 161 cm³/mol. The molecule has 0 aliphatic rings. The number of aromatic nitrogens is 7. The lowest BCUT2D eigenvalue weighted by Crippen LogP contribution is -2.26. The van der Waals surface area contributed by atoms with Crippen LogP contribution in [0.25, 0.3) is 5.82 Å². The number of carbonyl (C=O) groups is 2. The fourth-order valence-electron chi connectivity index (χ4n) is 4.58. The Morgan fingerprint density at radius 3 is 2.42 bits per heavy atom. The second kappa shape index (κ2) is 12.1. The molecule has 5 rings (SSSR count). The van der Waals surface area contributed by atoms with Crippen molar-refractivity contribution in [2.24, 2.45) is 0 Å². The third-order valence-corrected chi connectivity index (χ3v) is 8.21. The summed E-state index contributed by atoms with van der Waals surface area (Å²) in [5, 5.41) is 27.8. The Hall–Kier alpha value is -5.62. The molecule has 12 nitrogen and oxygen atoms in total. The lowest BCUT2D eigenvalue weighted by Gasteiger charge is -2.40. The van der Waals surface area contributed by atoms with Crippen LogP contribution in [0.15, 0.2) is 65.7 Å². The van der Waals surface area contributed by atoms with Crippen molar-refractivity contribution in [1.82, 2.24) is 40.3 Å². The van der Waals surface area contributed by atoms with E-state index in [-0.39, 0.29) is 62.3 Å². The number of benzene rings is 2. The number of pyridine rings is 1. The summed E-state index contributed by atoms with van der Waals surface area (Å²) in [6.07, 6.45) is -3.62. The van der Waals surface area contributed by atoms with Crippen molar-refractivity contribution in [1.29, 1.82) is 5.26 Å². The molecule has 0 fully saturated rings. The minimum absolute atomic E-state index is 0.0153. The van der Waals surface area contributed by atoms with Gasteiger partial charge in [-0.25, -0.2) is 14.3 Å². The Bertz CT molecular complexity index is 2200. The fourth-order valence-corrected chi connectivity index (χ4v) is 5.49. The van der Waals surface area contributed by atoms with E-state index in [0.717, 1.165) is 28.9 Å². The molecule has 0 unspecified atom stereocenters. The molecule has 2 amide bonds. The van der Waals surface area contributed by atoms with Crippen LogP contribution in [0.4, 0.5) is 38.3 Å². The predicted octanol–water partition coefficient (Wildman–Crippen LogP) is 6.99. The first-order valence-corrected chi connectivity index (χ1v) is 16.0.